The van der Waals surface area contributed by atoms with E-state index in [0.717, 1.165) is 0 Å². The summed E-state index contributed by atoms with van der Waals surface area (Å²) in [5, 5.41) is 5.34. The number of hydrogen-bond acceptors (Lipinski definition) is 6. The molecule has 0 aliphatic heterocycles. The molecule has 0 aliphatic carbocycles. The fourth-order valence-electron chi connectivity index (χ4n) is 0.833. The zero-order chi connectivity index (χ0) is 10.4. The van der Waals surface area contributed by atoms with Crippen LogP contribution in [0.3, 0.4) is 0 Å². The molecule has 1 heterocycles. The van der Waals surface area contributed by atoms with Crippen LogP contribution in [0.5, 0.6) is 0 Å². The molecule has 1 rings (SSSR count). The van der Waals surface area contributed by atoms with E-state index in [9.17, 15) is 4.79 Å². The molecule has 0 aliphatic rings. The van der Waals surface area contributed by atoms with E-state index >= 15 is 0 Å². The first-order valence-electron chi connectivity index (χ1n) is 4.34. The number of thiazole rings is 1. The van der Waals surface area contributed by atoms with Crippen LogP contribution in [-0.2, 0) is 4.74 Å². The average molecular weight is 215 g/mol. The second-order valence-corrected chi connectivity index (χ2v) is 3.33. The lowest BCUT2D eigenvalue weighted by Gasteiger charge is -1.98. The highest BCUT2D eigenvalue weighted by Crippen LogP contribution is 2.15. The monoisotopic (exact) mass is 215 g/mol. The van der Waals surface area contributed by atoms with Crippen LogP contribution >= 0.6 is 11.3 Å². The summed E-state index contributed by atoms with van der Waals surface area (Å²) < 4.78 is 4.80. The molecule has 1 aromatic rings. The normalized spacial score (nSPS) is 9.86. The summed E-state index contributed by atoms with van der Waals surface area (Å²) in [7, 11) is 0. The Morgan fingerprint density at radius 1 is 1.79 bits per heavy atom. The molecule has 5 nitrogen and oxygen atoms in total. The smallest absolute Gasteiger partial charge is 0.357 e. The highest BCUT2D eigenvalue weighted by atomic mass is 32.1. The van der Waals surface area contributed by atoms with Crippen molar-refractivity contribution in [2.75, 3.05) is 25.0 Å². The van der Waals surface area contributed by atoms with Gasteiger partial charge in [0.1, 0.15) is 0 Å². The Morgan fingerprint density at radius 2 is 2.57 bits per heavy atom. The van der Waals surface area contributed by atoms with Gasteiger partial charge in [-0.25, -0.2) is 9.78 Å². The van der Waals surface area contributed by atoms with E-state index < -0.39 is 0 Å². The molecule has 3 N–H and O–H groups in total. The average Bonchev–Trinajstić information content (AvgIpc) is 2.63. The molecule has 0 aromatic carbocycles. The Morgan fingerprint density at radius 3 is 3.21 bits per heavy atom. The number of carbonyl (C=O) groups is 1. The molecule has 0 atom stereocenters. The van der Waals surface area contributed by atoms with Crippen molar-refractivity contribution in [2.24, 2.45) is 5.73 Å². The number of aromatic nitrogens is 1. The first-order valence-corrected chi connectivity index (χ1v) is 5.22. The van der Waals surface area contributed by atoms with Crippen molar-refractivity contribution in [1.82, 2.24) is 4.98 Å². The number of nitrogens with one attached hydrogen (secondary N) is 1. The maximum atomic E-state index is 11.2. The van der Waals surface area contributed by atoms with Gasteiger partial charge >= 0.3 is 5.97 Å². The molecule has 14 heavy (non-hydrogen) atoms. The van der Waals surface area contributed by atoms with E-state index in [2.05, 4.69) is 10.3 Å². The van der Waals surface area contributed by atoms with Crippen LogP contribution in [-0.4, -0.2) is 30.6 Å². The maximum Gasteiger partial charge on any atom is 0.357 e. The summed E-state index contributed by atoms with van der Waals surface area (Å²) in [4.78, 5) is 15.2. The van der Waals surface area contributed by atoms with E-state index in [1.807, 2.05) is 0 Å². The van der Waals surface area contributed by atoms with E-state index in [-0.39, 0.29) is 5.97 Å². The summed E-state index contributed by atoms with van der Waals surface area (Å²) in [5.74, 6) is -0.385. The fourth-order valence-corrected chi connectivity index (χ4v) is 1.54. The number of carbonyl (C=O) groups excluding carboxylic acids is 1. The van der Waals surface area contributed by atoms with Crippen LogP contribution in [0.25, 0.3) is 0 Å². The van der Waals surface area contributed by atoms with E-state index in [1.165, 1.54) is 11.3 Å². The van der Waals surface area contributed by atoms with Gasteiger partial charge in [0.25, 0.3) is 0 Å². The van der Waals surface area contributed by atoms with Crippen molar-refractivity contribution in [2.45, 2.75) is 6.92 Å². The number of hydrogen-bond donors (Lipinski definition) is 2. The van der Waals surface area contributed by atoms with Gasteiger partial charge in [0.15, 0.2) is 10.8 Å². The molecule has 0 amide bonds. The van der Waals surface area contributed by atoms with Gasteiger partial charge in [-0.15, -0.1) is 11.3 Å². The van der Waals surface area contributed by atoms with Crippen molar-refractivity contribution in [3.05, 3.63) is 11.1 Å². The molecular weight excluding hydrogens is 202 g/mol. The highest BCUT2D eigenvalue weighted by molar-refractivity contribution is 7.13. The van der Waals surface area contributed by atoms with Crippen LogP contribution in [0.15, 0.2) is 5.38 Å². The van der Waals surface area contributed by atoms with Gasteiger partial charge in [-0.3, -0.25) is 0 Å². The molecule has 0 bridgehead atoms. The minimum atomic E-state index is -0.385. The Bertz CT molecular complexity index is 301. The van der Waals surface area contributed by atoms with Crippen molar-refractivity contribution < 1.29 is 9.53 Å². The molecule has 0 spiro atoms. The van der Waals surface area contributed by atoms with Crippen molar-refractivity contribution in [3.63, 3.8) is 0 Å². The molecule has 6 heteroatoms. The lowest BCUT2D eigenvalue weighted by Crippen LogP contribution is -2.13. The van der Waals surface area contributed by atoms with Crippen molar-refractivity contribution in [3.8, 4) is 0 Å². The van der Waals surface area contributed by atoms with Gasteiger partial charge < -0.3 is 15.8 Å². The Kier molecular flexibility index (Phi) is 4.34. The topological polar surface area (TPSA) is 77.2 Å². The number of ether oxygens (including phenoxy) is 1. The van der Waals surface area contributed by atoms with Gasteiger partial charge in [-0.2, -0.15) is 0 Å². The predicted molar refractivity (Wildman–Crippen MR) is 55.6 cm³/mol. The van der Waals surface area contributed by atoms with Gasteiger partial charge in [0, 0.05) is 18.5 Å². The standard InChI is InChI=1S/C8H13N3O2S/c1-2-13-7(12)6-5-14-8(11-6)10-4-3-9/h5H,2-4,9H2,1H3,(H,10,11). The number of esters is 1. The summed E-state index contributed by atoms with van der Waals surface area (Å²) in [5.41, 5.74) is 5.66. The van der Waals surface area contributed by atoms with Crippen LogP contribution in [0, 0.1) is 0 Å². The summed E-state index contributed by atoms with van der Waals surface area (Å²) in [6, 6.07) is 0. The van der Waals surface area contributed by atoms with Crippen LogP contribution in [0.4, 0.5) is 5.13 Å². The third-order valence-corrected chi connectivity index (χ3v) is 2.21. The molecule has 78 valence electrons. The molecule has 0 radical (unpaired) electrons. The second kappa shape index (κ2) is 5.56. The number of anilines is 1. The fraction of sp³-hybridized carbons (Fsp3) is 0.500. The minimum Gasteiger partial charge on any atom is -0.461 e. The summed E-state index contributed by atoms with van der Waals surface area (Å²) in [6.07, 6.45) is 0. The molecule has 0 fully saturated rings. The summed E-state index contributed by atoms with van der Waals surface area (Å²) in [6.45, 7) is 3.31. The van der Waals surface area contributed by atoms with Crippen LogP contribution < -0.4 is 11.1 Å². The maximum absolute atomic E-state index is 11.2. The van der Waals surface area contributed by atoms with Crippen LogP contribution in [0.1, 0.15) is 17.4 Å². The van der Waals surface area contributed by atoms with E-state index in [0.29, 0.717) is 30.5 Å². The Balaban J connectivity index is 2.54. The first-order chi connectivity index (χ1) is 6.77. The molecule has 0 saturated heterocycles. The lowest BCUT2D eigenvalue weighted by molar-refractivity contribution is 0.0520. The van der Waals surface area contributed by atoms with Gasteiger partial charge in [-0.05, 0) is 6.92 Å². The molecule has 0 saturated carbocycles. The minimum absolute atomic E-state index is 0.344. The van der Waals surface area contributed by atoms with Crippen LogP contribution in [0.2, 0.25) is 0 Å². The molecule has 1 aromatic heterocycles. The Hall–Kier alpha value is -1.14. The van der Waals surface area contributed by atoms with Crippen molar-refractivity contribution in [1.29, 1.82) is 0 Å². The van der Waals surface area contributed by atoms with Gasteiger partial charge in [-0.1, -0.05) is 0 Å². The first kappa shape index (κ1) is 10.9. The zero-order valence-corrected chi connectivity index (χ0v) is 8.76. The quantitative estimate of drug-likeness (QED) is 0.707. The SMILES string of the molecule is CCOC(=O)c1csc(NCCN)n1. The largest absolute Gasteiger partial charge is 0.461 e. The summed E-state index contributed by atoms with van der Waals surface area (Å²) >= 11 is 1.37. The van der Waals surface area contributed by atoms with Gasteiger partial charge in [0.05, 0.1) is 6.61 Å². The highest BCUT2D eigenvalue weighted by Gasteiger charge is 2.10. The number of rotatable bonds is 5. The molecule has 0 unspecified atom stereocenters. The van der Waals surface area contributed by atoms with E-state index in [4.69, 9.17) is 10.5 Å². The predicted octanol–water partition coefficient (Wildman–Crippen LogP) is 0.690. The zero-order valence-electron chi connectivity index (χ0n) is 7.95. The second-order valence-electron chi connectivity index (χ2n) is 2.47. The lowest BCUT2D eigenvalue weighted by atomic mass is 10.5. The van der Waals surface area contributed by atoms with Gasteiger partial charge in [0.2, 0.25) is 0 Å². The number of nitrogens with zero attached hydrogens (tertiary/aromatic N) is 1. The number of nitrogens with two attached hydrogens (primary N) is 1. The third-order valence-electron chi connectivity index (χ3n) is 1.41. The van der Waals surface area contributed by atoms with Crippen molar-refractivity contribution >= 4 is 22.4 Å². The third kappa shape index (κ3) is 2.97. The van der Waals surface area contributed by atoms with E-state index in [1.54, 1.807) is 12.3 Å². The molecular formula is C8H13N3O2S. The Labute approximate surface area is 86.3 Å².